The maximum atomic E-state index is 12.6. The molecule has 0 saturated carbocycles. The van der Waals surface area contributed by atoms with Gasteiger partial charge < -0.3 is 10.2 Å². The third kappa shape index (κ3) is 3.37. The molecular weight excluding hydrogens is 310 g/mol. The normalized spacial score (nSPS) is 16.3. The molecule has 1 atom stereocenters. The Hall–Kier alpha value is -1.95. The van der Waals surface area contributed by atoms with Crippen LogP contribution in [0, 0.1) is 5.92 Å². The molecule has 1 N–H and O–H groups in total. The van der Waals surface area contributed by atoms with E-state index in [2.05, 4.69) is 10.3 Å². The van der Waals surface area contributed by atoms with Crippen molar-refractivity contribution in [3.63, 3.8) is 0 Å². The Bertz CT molecular complexity index is 692. The summed E-state index contributed by atoms with van der Waals surface area (Å²) in [6.07, 6.45) is 1.39. The largest absolute Gasteiger partial charge is 0.348 e. The van der Waals surface area contributed by atoms with Crippen LogP contribution >= 0.6 is 11.3 Å². The summed E-state index contributed by atoms with van der Waals surface area (Å²) in [6.45, 7) is 5.04. The summed E-state index contributed by atoms with van der Waals surface area (Å²) >= 11 is 1.59. The lowest BCUT2D eigenvalue weighted by molar-refractivity contribution is -0.139. The van der Waals surface area contributed by atoms with Crippen molar-refractivity contribution < 1.29 is 9.59 Å². The first-order valence-corrected chi connectivity index (χ1v) is 8.79. The van der Waals surface area contributed by atoms with Crippen LogP contribution in [0.4, 0.5) is 0 Å². The Morgan fingerprint density at radius 1 is 1.39 bits per heavy atom. The number of thiazole rings is 1. The molecule has 0 radical (unpaired) electrons. The molecule has 2 aromatic rings. The number of hydrogen-bond acceptors (Lipinski definition) is 4. The SMILES string of the molecule is CC(C)[C@@H](C(=O)NCc1nc2ccccc2s1)N1CCCC1=O. The minimum Gasteiger partial charge on any atom is -0.348 e. The molecule has 1 aromatic heterocycles. The van der Waals surface area contributed by atoms with Crippen molar-refractivity contribution in [2.75, 3.05) is 6.54 Å². The number of fused-ring (bicyclic) bond motifs is 1. The topological polar surface area (TPSA) is 62.3 Å². The van der Waals surface area contributed by atoms with Crippen LogP contribution in [0.5, 0.6) is 0 Å². The molecular formula is C17H21N3O2S. The summed E-state index contributed by atoms with van der Waals surface area (Å²) in [6, 6.07) is 7.55. The van der Waals surface area contributed by atoms with Gasteiger partial charge in [-0.05, 0) is 24.5 Å². The summed E-state index contributed by atoms with van der Waals surface area (Å²) in [7, 11) is 0. The molecule has 0 bridgehead atoms. The van der Waals surface area contributed by atoms with Gasteiger partial charge in [-0.1, -0.05) is 26.0 Å². The Balaban J connectivity index is 1.68. The van der Waals surface area contributed by atoms with Crippen molar-refractivity contribution in [2.45, 2.75) is 39.3 Å². The summed E-state index contributed by atoms with van der Waals surface area (Å²) in [4.78, 5) is 30.8. The van der Waals surface area contributed by atoms with Gasteiger partial charge in [-0.15, -0.1) is 11.3 Å². The molecule has 0 unspecified atom stereocenters. The lowest BCUT2D eigenvalue weighted by Crippen LogP contribution is -2.50. The van der Waals surface area contributed by atoms with Crippen molar-refractivity contribution >= 4 is 33.4 Å². The summed E-state index contributed by atoms with van der Waals surface area (Å²) in [5, 5.41) is 3.84. The molecule has 3 rings (SSSR count). The molecule has 2 amide bonds. The average molecular weight is 331 g/mol. The predicted molar refractivity (Wildman–Crippen MR) is 91.0 cm³/mol. The van der Waals surface area contributed by atoms with Gasteiger partial charge >= 0.3 is 0 Å². The fourth-order valence-electron chi connectivity index (χ4n) is 3.03. The fraction of sp³-hybridized carbons (Fsp3) is 0.471. The molecule has 0 aliphatic carbocycles. The number of para-hydroxylation sites is 1. The van der Waals surface area contributed by atoms with Gasteiger partial charge in [0, 0.05) is 13.0 Å². The third-order valence-corrected chi connectivity index (χ3v) is 5.13. The number of carbonyl (C=O) groups excluding carboxylic acids is 2. The first-order chi connectivity index (χ1) is 11.1. The summed E-state index contributed by atoms with van der Waals surface area (Å²) in [5.74, 6) is 0.0840. The van der Waals surface area contributed by atoms with Crippen LogP contribution in [0.3, 0.4) is 0 Å². The second-order valence-electron chi connectivity index (χ2n) is 6.17. The second kappa shape index (κ2) is 6.66. The zero-order valence-corrected chi connectivity index (χ0v) is 14.2. The molecule has 122 valence electrons. The van der Waals surface area contributed by atoms with E-state index in [0.29, 0.717) is 19.5 Å². The first kappa shape index (κ1) is 15.9. The van der Waals surface area contributed by atoms with Gasteiger partial charge in [0.2, 0.25) is 11.8 Å². The quantitative estimate of drug-likeness (QED) is 0.916. The van der Waals surface area contributed by atoms with Crippen LogP contribution in [0.1, 0.15) is 31.7 Å². The lowest BCUT2D eigenvalue weighted by atomic mass is 10.0. The highest BCUT2D eigenvalue weighted by Gasteiger charge is 2.34. The van der Waals surface area contributed by atoms with E-state index in [1.165, 1.54) is 0 Å². The van der Waals surface area contributed by atoms with Crippen molar-refractivity contribution in [1.82, 2.24) is 15.2 Å². The standard InChI is InChI=1S/C17H21N3O2S/c1-11(2)16(20-9-5-8-15(20)21)17(22)18-10-14-19-12-6-3-4-7-13(12)23-14/h3-4,6-7,11,16H,5,8-10H2,1-2H3,(H,18,22)/t16-/m0/s1. The number of likely N-dealkylation sites (tertiary alicyclic amines) is 1. The van der Waals surface area contributed by atoms with E-state index in [0.717, 1.165) is 21.6 Å². The van der Waals surface area contributed by atoms with Crippen molar-refractivity contribution in [3.8, 4) is 0 Å². The highest BCUT2D eigenvalue weighted by atomic mass is 32.1. The maximum Gasteiger partial charge on any atom is 0.243 e. The average Bonchev–Trinajstić information content (AvgIpc) is 3.11. The Morgan fingerprint density at radius 3 is 2.83 bits per heavy atom. The molecule has 1 aliphatic rings. The van der Waals surface area contributed by atoms with E-state index in [1.54, 1.807) is 16.2 Å². The predicted octanol–water partition coefficient (Wildman–Crippen LogP) is 2.56. The number of nitrogens with zero attached hydrogens (tertiary/aromatic N) is 2. The fourth-order valence-corrected chi connectivity index (χ4v) is 3.94. The molecule has 1 aromatic carbocycles. The van der Waals surface area contributed by atoms with E-state index in [-0.39, 0.29) is 23.8 Å². The van der Waals surface area contributed by atoms with E-state index < -0.39 is 0 Å². The number of hydrogen-bond donors (Lipinski definition) is 1. The van der Waals surface area contributed by atoms with Crippen LogP contribution in [0.25, 0.3) is 10.2 Å². The second-order valence-corrected chi connectivity index (χ2v) is 7.29. The van der Waals surface area contributed by atoms with Gasteiger partial charge in [0.25, 0.3) is 0 Å². The zero-order valence-electron chi connectivity index (χ0n) is 13.4. The highest BCUT2D eigenvalue weighted by molar-refractivity contribution is 7.18. The number of amides is 2. The molecule has 0 spiro atoms. The van der Waals surface area contributed by atoms with Gasteiger partial charge in [-0.2, -0.15) is 0 Å². The Morgan fingerprint density at radius 2 is 2.17 bits per heavy atom. The van der Waals surface area contributed by atoms with Gasteiger partial charge in [-0.25, -0.2) is 4.98 Å². The molecule has 1 aliphatic heterocycles. The molecule has 2 heterocycles. The van der Waals surface area contributed by atoms with Crippen molar-refractivity contribution in [1.29, 1.82) is 0 Å². The van der Waals surface area contributed by atoms with Crippen LogP contribution in [0.15, 0.2) is 24.3 Å². The van der Waals surface area contributed by atoms with E-state index in [9.17, 15) is 9.59 Å². The number of nitrogens with one attached hydrogen (secondary N) is 1. The van der Waals surface area contributed by atoms with E-state index in [4.69, 9.17) is 0 Å². The number of rotatable bonds is 5. The minimum absolute atomic E-state index is 0.0823. The molecule has 23 heavy (non-hydrogen) atoms. The van der Waals surface area contributed by atoms with Gasteiger partial charge in [0.15, 0.2) is 0 Å². The Kier molecular flexibility index (Phi) is 4.61. The van der Waals surface area contributed by atoms with Gasteiger partial charge in [0.1, 0.15) is 11.0 Å². The Labute approximate surface area is 139 Å². The van der Waals surface area contributed by atoms with E-state index >= 15 is 0 Å². The summed E-state index contributed by atoms with van der Waals surface area (Å²) < 4.78 is 1.12. The summed E-state index contributed by atoms with van der Waals surface area (Å²) in [5.41, 5.74) is 0.955. The zero-order chi connectivity index (χ0) is 16.4. The molecule has 5 nitrogen and oxygen atoms in total. The van der Waals surface area contributed by atoms with Crippen LogP contribution in [-0.4, -0.2) is 34.3 Å². The molecule has 1 fully saturated rings. The minimum atomic E-state index is -0.389. The third-order valence-electron chi connectivity index (χ3n) is 4.10. The number of benzene rings is 1. The van der Waals surface area contributed by atoms with Crippen LogP contribution < -0.4 is 5.32 Å². The monoisotopic (exact) mass is 331 g/mol. The number of aromatic nitrogens is 1. The van der Waals surface area contributed by atoms with Gasteiger partial charge in [-0.3, -0.25) is 9.59 Å². The molecule has 1 saturated heterocycles. The van der Waals surface area contributed by atoms with Crippen molar-refractivity contribution in [3.05, 3.63) is 29.3 Å². The van der Waals surface area contributed by atoms with Gasteiger partial charge in [0.05, 0.1) is 16.8 Å². The molecule has 6 heteroatoms. The van der Waals surface area contributed by atoms with E-state index in [1.807, 2.05) is 38.1 Å². The van der Waals surface area contributed by atoms with Crippen LogP contribution in [-0.2, 0) is 16.1 Å². The highest BCUT2D eigenvalue weighted by Crippen LogP contribution is 2.22. The maximum absolute atomic E-state index is 12.6. The van der Waals surface area contributed by atoms with Crippen molar-refractivity contribution in [2.24, 2.45) is 5.92 Å². The van der Waals surface area contributed by atoms with Crippen LogP contribution in [0.2, 0.25) is 0 Å². The number of carbonyl (C=O) groups is 2. The lowest BCUT2D eigenvalue weighted by Gasteiger charge is -2.29. The smallest absolute Gasteiger partial charge is 0.243 e. The first-order valence-electron chi connectivity index (χ1n) is 7.98.